The van der Waals surface area contributed by atoms with Crippen LogP contribution in [-0.2, 0) is 0 Å². The summed E-state index contributed by atoms with van der Waals surface area (Å²) in [7, 11) is 0. The lowest BCUT2D eigenvalue weighted by molar-refractivity contribution is 0.227. The Morgan fingerprint density at radius 2 is 2.18 bits per heavy atom. The molecule has 1 aromatic carbocycles. The van der Waals surface area contributed by atoms with Crippen molar-refractivity contribution in [1.29, 1.82) is 5.26 Å². The molecule has 1 atom stereocenters. The minimum absolute atomic E-state index is 0.0578. The molecule has 5 heteroatoms. The van der Waals surface area contributed by atoms with Crippen molar-refractivity contribution < 1.29 is 13.5 Å². The van der Waals surface area contributed by atoms with Crippen molar-refractivity contribution in [3.63, 3.8) is 0 Å². The molecule has 0 saturated carbocycles. The Bertz CT molecular complexity index is 431. The van der Waals surface area contributed by atoms with E-state index in [1.54, 1.807) is 6.92 Å². The SMILES string of the molecule is CCNC(C)(C#N)COc1cc(F)ccc1F. The topological polar surface area (TPSA) is 45.0 Å². The fraction of sp³-hybridized carbons (Fsp3) is 0.417. The lowest BCUT2D eigenvalue weighted by atomic mass is 10.1. The third kappa shape index (κ3) is 3.68. The quantitative estimate of drug-likeness (QED) is 0.858. The molecule has 1 aromatic rings. The van der Waals surface area contributed by atoms with Crippen LogP contribution in [0.2, 0.25) is 0 Å². The molecule has 0 aliphatic rings. The van der Waals surface area contributed by atoms with E-state index in [4.69, 9.17) is 10.00 Å². The van der Waals surface area contributed by atoms with E-state index in [1.807, 2.05) is 13.0 Å². The maximum Gasteiger partial charge on any atom is 0.165 e. The number of ether oxygens (including phenoxy) is 1. The zero-order valence-electron chi connectivity index (χ0n) is 9.76. The molecule has 1 unspecified atom stereocenters. The number of hydrogen-bond acceptors (Lipinski definition) is 3. The molecule has 92 valence electrons. The van der Waals surface area contributed by atoms with E-state index in [9.17, 15) is 8.78 Å². The van der Waals surface area contributed by atoms with E-state index in [0.29, 0.717) is 6.54 Å². The highest BCUT2D eigenvalue weighted by molar-refractivity contribution is 5.25. The van der Waals surface area contributed by atoms with E-state index < -0.39 is 17.2 Å². The fourth-order valence-corrected chi connectivity index (χ4v) is 1.32. The monoisotopic (exact) mass is 240 g/mol. The minimum atomic E-state index is -0.923. The fourth-order valence-electron chi connectivity index (χ4n) is 1.32. The van der Waals surface area contributed by atoms with Crippen LogP contribution in [-0.4, -0.2) is 18.7 Å². The van der Waals surface area contributed by atoms with Crippen molar-refractivity contribution in [3.05, 3.63) is 29.8 Å². The molecule has 3 nitrogen and oxygen atoms in total. The van der Waals surface area contributed by atoms with Crippen molar-refractivity contribution in [2.75, 3.05) is 13.2 Å². The molecule has 0 fully saturated rings. The maximum absolute atomic E-state index is 13.2. The van der Waals surface area contributed by atoms with Crippen molar-refractivity contribution in [3.8, 4) is 11.8 Å². The van der Waals surface area contributed by atoms with Crippen molar-refractivity contribution in [2.45, 2.75) is 19.4 Å². The molecule has 0 saturated heterocycles. The molecular weight excluding hydrogens is 226 g/mol. The Balaban J connectivity index is 2.73. The number of hydrogen-bond donors (Lipinski definition) is 1. The van der Waals surface area contributed by atoms with E-state index in [1.165, 1.54) is 0 Å². The number of benzene rings is 1. The third-order valence-electron chi connectivity index (χ3n) is 2.22. The number of rotatable bonds is 5. The van der Waals surface area contributed by atoms with Crippen LogP contribution in [0.3, 0.4) is 0 Å². The predicted molar refractivity (Wildman–Crippen MR) is 59.5 cm³/mol. The van der Waals surface area contributed by atoms with Crippen LogP contribution in [0.5, 0.6) is 5.75 Å². The molecule has 0 radical (unpaired) electrons. The summed E-state index contributed by atoms with van der Waals surface area (Å²) in [5.41, 5.74) is -0.923. The van der Waals surface area contributed by atoms with Crippen LogP contribution in [0.1, 0.15) is 13.8 Å². The van der Waals surface area contributed by atoms with Gasteiger partial charge in [-0.2, -0.15) is 5.26 Å². The van der Waals surface area contributed by atoms with Crippen LogP contribution in [0.4, 0.5) is 8.78 Å². The first-order chi connectivity index (χ1) is 8.00. The second kappa shape index (κ2) is 5.60. The van der Waals surface area contributed by atoms with Crippen LogP contribution in [0, 0.1) is 23.0 Å². The van der Waals surface area contributed by atoms with Crippen LogP contribution in [0.15, 0.2) is 18.2 Å². The molecule has 0 amide bonds. The highest BCUT2D eigenvalue weighted by Crippen LogP contribution is 2.19. The number of nitriles is 1. The first-order valence-electron chi connectivity index (χ1n) is 5.25. The predicted octanol–water partition coefficient (Wildman–Crippen LogP) is 2.24. The van der Waals surface area contributed by atoms with Gasteiger partial charge in [0.05, 0.1) is 6.07 Å². The summed E-state index contributed by atoms with van der Waals surface area (Å²) in [6.07, 6.45) is 0. The van der Waals surface area contributed by atoms with E-state index in [0.717, 1.165) is 18.2 Å². The molecule has 0 aliphatic heterocycles. The summed E-state index contributed by atoms with van der Waals surface area (Å²) in [6.45, 7) is 4.00. The zero-order valence-corrected chi connectivity index (χ0v) is 9.76. The van der Waals surface area contributed by atoms with Gasteiger partial charge in [-0.3, -0.25) is 5.32 Å². The molecule has 0 aliphatic carbocycles. The Labute approximate surface area is 99.0 Å². The van der Waals surface area contributed by atoms with Crippen molar-refractivity contribution in [1.82, 2.24) is 5.32 Å². The zero-order chi connectivity index (χ0) is 12.9. The standard InChI is InChI=1S/C12H14F2N2O/c1-3-16-12(2,7-15)8-17-11-6-9(13)4-5-10(11)14/h4-6,16H,3,8H2,1-2H3. The largest absolute Gasteiger partial charge is 0.487 e. The number of nitrogens with zero attached hydrogens (tertiary/aromatic N) is 1. The van der Waals surface area contributed by atoms with Gasteiger partial charge >= 0.3 is 0 Å². The van der Waals surface area contributed by atoms with Gasteiger partial charge in [-0.05, 0) is 25.6 Å². The third-order valence-corrected chi connectivity index (χ3v) is 2.22. The summed E-state index contributed by atoms with van der Waals surface area (Å²) < 4.78 is 31.2. The molecule has 1 N–H and O–H groups in total. The molecular formula is C12H14F2N2O. The minimum Gasteiger partial charge on any atom is -0.487 e. The van der Waals surface area contributed by atoms with E-state index in [-0.39, 0.29) is 12.4 Å². The first kappa shape index (κ1) is 13.4. The van der Waals surface area contributed by atoms with Gasteiger partial charge in [0, 0.05) is 6.07 Å². The van der Waals surface area contributed by atoms with Gasteiger partial charge in [0.25, 0.3) is 0 Å². The summed E-state index contributed by atoms with van der Waals surface area (Å²) in [6, 6.07) is 4.99. The number of likely N-dealkylation sites (N-methyl/N-ethyl adjacent to an activating group) is 1. The summed E-state index contributed by atoms with van der Waals surface area (Å²) in [5, 5.41) is 11.9. The van der Waals surface area contributed by atoms with Gasteiger partial charge < -0.3 is 4.74 Å². The maximum atomic E-state index is 13.2. The van der Waals surface area contributed by atoms with Crippen LogP contribution >= 0.6 is 0 Å². The summed E-state index contributed by atoms with van der Waals surface area (Å²) >= 11 is 0. The number of halogens is 2. The normalized spacial score (nSPS) is 13.8. The molecule has 17 heavy (non-hydrogen) atoms. The van der Waals surface area contributed by atoms with Gasteiger partial charge in [-0.25, -0.2) is 8.78 Å². The Hall–Kier alpha value is -1.67. The van der Waals surface area contributed by atoms with Crippen LogP contribution in [0.25, 0.3) is 0 Å². The van der Waals surface area contributed by atoms with Crippen LogP contribution < -0.4 is 10.1 Å². The van der Waals surface area contributed by atoms with E-state index >= 15 is 0 Å². The van der Waals surface area contributed by atoms with Gasteiger partial charge in [0.2, 0.25) is 0 Å². The Kier molecular flexibility index (Phi) is 4.41. The van der Waals surface area contributed by atoms with Crippen molar-refractivity contribution in [2.24, 2.45) is 0 Å². The van der Waals surface area contributed by atoms with Gasteiger partial charge in [-0.15, -0.1) is 0 Å². The highest BCUT2D eigenvalue weighted by atomic mass is 19.1. The average Bonchev–Trinajstić information content (AvgIpc) is 2.31. The molecule has 1 rings (SSSR count). The summed E-state index contributed by atoms with van der Waals surface area (Å²) in [4.78, 5) is 0. The molecule has 0 spiro atoms. The van der Waals surface area contributed by atoms with Gasteiger partial charge in [-0.1, -0.05) is 6.92 Å². The molecule has 0 aromatic heterocycles. The van der Waals surface area contributed by atoms with Gasteiger partial charge in [0.15, 0.2) is 11.6 Å². The van der Waals surface area contributed by atoms with Crippen molar-refractivity contribution >= 4 is 0 Å². The highest BCUT2D eigenvalue weighted by Gasteiger charge is 2.24. The van der Waals surface area contributed by atoms with Gasteiger partial charge in [0.1, 0.15) is 18.0 Å². The second-order valence-electron chi connectivity index (χ2n) is 3.84. The molecule has 0 bridgehead atoms. The molecule has 0 heterocycles. The lowest BCUT2D eigenvalue weighted by Crippen LogP contribution is -2.46. The Morgan fingerprint density at radius 1 is 1.47 bits per heavy atom. The number of nitrogens with one attached hydrogen (secondary N) is 1. The average molecular weight is 240 g/mol. The van der Waals surface area contributed by atoms with E-state index in [2.05, 4.69) is 5.32 Å². The summed E-state index contributed by atoms with van der Waals surface area (Å²) in [5.74, 6) is -1.42. The Morgan fingerprint density at radius 3 is 2.76 bits per heavy atom. The lowest BCUT2D eigenvalue weighted by Gasteiger charge is -2.22. The smallest absolute Gasteiger partial charge is 0.165 e. The second-order valence-corrected chi connectivity index (χ2v) is 3.84. The first-order valence-corrected chi connectivity index (χ1v) is 5.25.